The van der Waals surface area contributed by atoms with Crippen LogP contribution in [-0.2, 0) is 6.18 Å². The standard InChI is InChI=1S/C26H29F3N4O/c1-16-8-9-17(14-23(16)33(2)3)25(34)31-19-12-10-18(11-13-19)30-22-15-24(26(27,28)29)32-21-7-5-4-6-20(21)22/h4-9,14-15,18-19H,10-13H2,1-3H3,(H,30,32)(H,31,34)/t18-,19+. The molecule has 2 aromatic carbocycles. The van der Waals surface area contributed by atoms with Gasteiger partial charge in [0.05, 0.1) is 5.52 Å². The van der Waals surface area contributed by atoms with Gasteiger partial charge >= 0.3 is 6.18 Å². The van der Waals surface area contributed by atoms with Gasteiger partial charge in [-0.1, -0.05) is 24.3 Å². The van der Waals surface area contributed by atoms with Crippen LogP contribution >= 0.6 is 0 Å². The van der Waals surface area contributed by atoms with Crippen LogP contribution in [0.15, 0.2) is 48.5 Å². The molecule has 1 saturated carbocycles. The molecule has 0 atom stereocenters. The molecular weight excluding hydrogens is 441 g/mol. The number of benzene rings is 2. The Morgan fingerprint density at radius 3 is 2.35 bits per heavy atom. The number of rotatable bonds is 5. The first-order valence-electron chi connectivity index (χ1n) is 11.4. The lowest BCUT2D eigenvalue weighted by molar-refractivity contribution is -0.140. The number of anilines is 2. The Bertz CT molecular complexity index is 1180. The van der Waals surface area contributed by atoms with Gasteiger partial charge in [-0.3, -0.25) is 4.79 Å². The Hall–Kier alpha value is -3.29. The second kappa shape index (κ2) is 9.52. The van der Waals surface area contributed by atoms with Crippen molar-refractivity contribution in [3.05, 3.63) is 65.4 Å². The predicted molar refractivity (Wildman–Crippen MR) is 129 cm³/mol. The van der Waals surface area contributed by atoms with Crippen molar-refractivity contribution in [3.63, 3.8) is 0 Å². The predicted octanol–water partition coefficient (Wildman–Crippen LogP) is 5.78. The fraction of sp³-hybridized carbons (Fsp3) is 0.385. The third-order valence-corrected chi connectivity index (χ3v) is 6.38. The summed E-state index contributed by atoms with van der Waals surface area (Å²) >= 11 is 0. The highest BCUT2D eigenvalue weighted by atomic mass is 19.4. The van der Waals surface area contributed by atoms with E-state index < -0.39 is 11.9 Å². The molecule has 0 bridgehead atoms. The van der Waals surface area contributed by atoms with Crippen LogP contribution in [0.25, 0.3) is 10.9 Å². The quantitative estimate of drug-likeness (QED) is 0.496. The number of amides is 1. The monoisotopic (exact) mass is 470 g/mol. The summed E-state index contributed by atoms with van der Waals surface area (Å²) in [6, 6.07) is 13.7. The number of pyridine rings is 1. The topological polar surface area (TPSA) is 57.3 Å². The van der Waals surface area contributed by atoms with Gasteiger partial charge in [-0.15, -0.1) is 0 Å². The van der Waals surface area contributed by atoms with Crippen LogP contribution in [0.4, 0.5) is 24.5 Å². The fourth-order valence-corrected chi connectivity index (χ4v) is 4.54. The van der Waals surface area contributed by atoms with E-state index in [0.29, 0.717) is 22.2 Å². The van der Waals surface area contributed by atoms with Gasteiger partial charge in [-0.05, 0) is 62.4 Å². The average molecular weight is 471 g/mol. The minimum Gasteiger partial charge on any atom is -0.382 e. The summed E-state index contributed by atoms with van der Waals surface area (Å²) in [6.07, 6.45) is -1.50. The molecule has 0 saturated heterocycles. The van der Waals surface area contributed by atoms with E-state index >= 15 is 0 Å². The van der Waals surface area contributed by atoms with Crippen molar-refractivity contribution in [2.75, 3.05) is 24.3 Å². The fourth-order valence-electron chi connectivity index (χ4n) is 4.54. The van der Waals surface area contributed by atoms with Crippen molar-refractivity contribution in [1.82, 2.24) is 10.3 Å². The highest BCUT2D eigenvalue weighted by Crippen LogP contribution is 2.34. The number of carbonyl (C=O) groups excluding carboxylic acids is 1. The van der Waals surface area contributed by atoms with Gasteiger partial charge < -0.3 is 15.5 Å². The first kappa shape index (κ1) is 23.9. The third kappa shape index (κ3) is 5.26. The molecule has 1 heterocycles. The summed E-state index contributed by atoms with van der Waals surface area (Å²) in [7, 11) is 3.89. The molecule has 1 aliphatic carbocycles. The molecule has 2 N–H and O–H groups in total. The second-order valence-electron chi connectivity index (χ2n) is 9.13. The van der Waals surface area contributed by atoms with Crippen molar-refractivity contribution in [1.29, 1.82) is 0 Å². The van der Waals surface area contributed by atoms with Crippen molar-refractivity contribution in [2.24, 2.45) is 0 Å². The van der Waals surface area contributed by atoms with E-state index in [1.807, 2.05) is 44.1 Å². The Balaban J connectivity index is 1.41. The molecule has 5 nitrogen and oxygen atoms in total. The maximum absolute atomic E-state index is 13.3. The summed E-state index contributed by atoms with van der Waals surface area (Å²) < 4.78 is 40.0. The van der Waals surface area contributed by atoms with Gasteiger partial charge in [0.2, 0.25) is 0 Å². The molecular formula is C26H29F3N4O. The maximum atomic E-state index is 13.3. The van der Waals surface area contributed by atoms with Gasteiger partial charge in [-0.2, -0.15) is 13.2 Å². The minimum atomic E-state index is -4.51. The number of para-hydroxylation sites is 1. The van der Waals surface area contributed by atoms with Crippen LogP contribution in [0, 0.1) is 6.92 Å². The molecule has 0 unspecified atom stereocenters. The number of aromatic nitrogens is 1. The minimum absolute atomic E-state index is 0.0276. The molecule has 34 heavy (non-hydrogen) atoms. The Labute approximate surface area is 197 Å². The maximum Gasteiger partial charge on any atom is 0.433 e. The summed E-state index contributed by atoms with van der Waals surface area (Å²) in [6.45, 7) is 2.01. The zero-order valence-electron chi connectivity index (χ0n) is 19.5. The lowest BCUT2D eigenvalue weighted by Gasteiger charge is -2.31. The Kier molecular flexibility index (Phi) is 6.68. The van der Waals surface area contributed by atoms with E-state index in [1.54, 1.807) is 24.3 Å². The van der Waals surface area contributed by atoms with Gasteiger partial charge in [0, 0.05) is 48.5 Å². The number of alkyl halides is 3. The molecule has 0 spiro atoms. The molecule has 180 valence electrons. The number of carbonyl (C=O) groups is 1. The molecule has 1 aromatic heterocycles. The van der Waals surface area contributed by atoms with Crippen molar-refractivity contribution < 1.29 is 18.0 Å². The first-order valence-corrected chi connectivity index (χ1v) is 11.4. The van der Waals surface area contributed by atoms with Gasteiger partial charge in [0.25, 0.3) is 5.91 Å². The third-order valence-electron chi connectivity index (χ3n) is 6.38. The molecule has 0 aliphatic heterocycles. The van der Waals surface area contributed by atoms with Gasteiger partial charge in [0.1, 0.15) is 5.69 Å². The number of hydrogen-bond donors (Lipinski definition) is 2. The summed E-state index contributed by atoms with van der Waals surface area (Å²) in [5.74, 6) is -0.102. The zero-order chi connectivity index (χ0) is 24.5. The molecule has 8 heteroatoms. The van der Waals surface area contributed by atoms with Crippen LogP contribution in [0.1, 0.15) is 47.3 Å². The van der Waals surface area contributed by atoms with E-state index in [2.05, 4.69) is 15.6 Å². The lowest BCUT2D eigenvalue weighted by Crippen LogP contribution is -2.40. The number of fused-ring (bicyclic) bond motifs is 1. The normalized spacial score (nSPS) is 18.5. The van der Waals surface area contributed by atoms with Gasteiger partial charge in [-0.25, -0.2) is 4.98 Å². The van der Waals surface area contributed by atoms with Crippen LogP contribution in [0.2, 0.25) is 0 Å². The number of nitrogens with one attached hydrogen (secondary N) is 2. The SMILES string of the molecule is Cc1ccc(C(=O)N[C@H]2CC[C@@H](Nc3cc(C(F)(F)F)nc4ccccc34)CC2)cc1N(C)C. The number of aryl methyl sites for hydroxylation is 1. The number of halogens is 3. The lowest BCUT2D eigenvalue weighted by atomic mass is 9.90. The zero-order valence-corrected chi connectivity index (χ0v) is 19.5. The van der Waals surface area contributed by atoms with Crippen LogP contribution in [0.5, 0.6) is 0 Å². The number of nitrogens with zero attached hydrogens (tertiary/aromatic N) is 2. The van der Waals surface area contributed by atoms with Crippen LogP contribution in [0.3, 0.4) is 0 Å². The van der Waals surface area contributed by atoms with Crippen LogP contribution < -0.4 is 15.5 Å². The molecule has 0 radical (unpaired) electrons. The first-order chi connectivity index (χ1) is 16.1. The van der Waals surface area contributed by atoms with Crippen molar-refractivity contribution in [2.45, 2.75) is 50.9 Å². The van der Waals surface area contributed by atoms with Crippen molar-refractivity contribution in [3.8, 4) is 0 Å². The van der Waals surface area contributed by atoms with Crippen molar-refractivity contribution >= 4 is 28.2 Å². The molecule has 1 amide bonds. The average Bonchev–Trinajstić information content (AvgIpc) is 2.79. The smallest absolute Gasteiger partial charge is 0.382 e. The summed E-state index contributed by atoms with van der Waals surface area (Å²) in [5, 5.41) is 7.10. The largest absolute Gasteiger partial charge is 0.433 e. The Morgan fingerprint density at radius 2 is 1.68 bits per heavy atom. The number of hydrogen-bond acceptors (Lipinski definition) is 4. The molecule has 1 fully saturated rings. The van der Waals surface area contributed by atoms with E-state index in [9.17, 15) is 18.0 Å². The van der Waals surface area contributed by atoms with E-state index in [0.717, 1.165) is 43.0 Å². The highest BCUT2D eigenvalue weighted by molar-refractivity contribution is 5.95. The molecule has 1 aliphatic rings. The molecule has 4 rings (SSSR count). The highest BCUT2D eigenvalue weighted by Gasteiger charge is 2.34. The molecule has 3 aromatic rings. The Morgan fingerprint density at radius 1 is 1.00 bits per heavy atom. The van der Waals surface area contributed by atoms with E-state index in [-0.39, 0.29) is 18.0 Å². The van der Waals surface area contributed by atoms with E-state index in [1.165, 1.54) is 0 Å². The summed E-state index contributed by atoms with van der Waals surface area (Å²) in [4.78, 5) is 18.6. The van der Waals surface area contributed by atoms with E-state index in [4.69, 9.17) is 0 Å². The second-order valence-corrected chi connectivity index (χ2v) is 9.13. The van der Waals surface area contributed by atoms with Crippen LogP contribution in [-0.4, -0.2) is 37.1 Å². The van der Waals surface area contributed by atoms with Gasteiger partial charge in [0.15, 0.2) is 0 Å². The summed E-state index contributed by atoms with van der Waals surface area (Å²) in [5.41, 5.74) is 2.59.